The molecule has 0 saturated carbocycles. The summed E-state index contributed by atoms with van der Waals surface area (Å²) in [6.07, 6.45) is 5.89. The average Bonchev–Trinajstić information content (AvgIpc) is 3.10. The molecule has 10 nitrogen and oxygen atoms in total. The molecule has 0 aromatic rings. The summed E-state index contributed by atoms with van der Waals surface area (Å²) in [5, 5.41) is 1.51. The van der Waals surface area contributed by atoms with Crippen LogP contribution in [0.4, 0.5) is 0 Å². The summed E-state index contributed by atoms with van der Waals surface area (Å²) < 4.78 is 5.62. The normalized spacial score (nSPS) is 23.3. The molecule has 0 aromatic carbocycles. The van der Waals surface area contributed by atoms with E-state index < -0.39 is 35.2 Å². The number of nitrogens with zero attached hydrogens (tertiary/aromatic N) is 2. The van der Waals surface area contributed by atoms with Crippen molar-refractivity contribution in [3.8, 4) is 0 Å². The van der Waals surface area contributed by atoms with E-state index in [1.807, 2.05) is 26.0 Å². The molecule has 0 N–H and O–H groups in total. The lowest BCUT2D eigenvalue weighted by atomic mass is 9.79. The highest BCUT2D eigenvalue weighted by atomic mass is 16.8. The molecular formula is C23H34N2O8. The van der Waals surface area contributed by atoms with Crippen molar-refractivity contribution in [1.29, 1.82) is 0 Å². The minimum absolute atomic E-state index is 0.0349. The molecule has 0 aromatic heterocycles. The van der Waals surface area contributed by atoms with E-state index in [9.17, 15) is 24.0 Å². The fraction of sp³-hybridized carbons (Fsp3) is 0.609. The van der Waals surface area contributed by atoms with Gasteiger partial charge in [-0.25, -0.2) is 4.79 Å². The van der Waals surface area contributed by atoms with E-state index in [4.69, 9.17) is 14.4 Å². The molecule has 1 unspecified atom stereocenters. The SMILES string of the molecule is C=C(OC1/C=C/CC[C@](C)(C(=O)ON(C)C(=O)CCC=O)CC1)ON1C(=O)CCC1=O.CC. The maximum atomic E-state index is 12.7. The quantitative estimate of drug-likeness (QED) is 0.176. The number of hydroxylamine groups is 4. The lowest BCUT2D eigenvalue weighted by Gasteiger charge is -2.31. The Labute approximate surface area is 194 Å². The Balaban J connectivity index is 0.00000265. The molecule has 0 spiro atoms. The molecule has 2 rings (SSSR count). The van der Waals surface area contributed by atoms with Gasteiger partial charge in [-0.3, -0.25) is 14.4 Å². The van der Waals surface area contributed by atoms with Crippen molar-refractivity contribution in [2.75, 3.05) is 7.05 Å². The van der Waals surface area contributed by atoms with Gasteiger partial charge < -0.3 is 19.2 Å². The molecule has 0 radical (unpaired) electrons. The predicted molar refractivity (Wildman–Crippen MR) is 117 cm³/mol. The molecule has 10 heteroatoms. The van der Waals surface area contributed by atoms with Crippen molar-refractivity contribution in [1.82, 2.24) is 10.1 Å². The third kappa shape index (κ3) is 8.36. The fourth-order valence-electron chi connectivity index (χ4n) is 3.21. The number of hydrogen-bond donors (Lipinski definition) is 0. The number of carbonyl (C=O) groups excluding carboxylic acids is 5. The molecular weight excluding hydrogens is 432 g/mol. The van der Waals surface area contributed by atoms with Crippen LogP contribution in [0.3, 0.4) is 0 Å². The number of hydrogen-bond acceptors (Lipinski definition) is 8. The number of rotatable bonds is 8. The van der Waals surface area contributed by atoms with Crippen molar-refractivity contribution < 1.29 is 38.4 Å². The van der Waals surface area contributed by atoms with Crippen LogP contribution in [-0.4, -0.2) is 53.3 Å². The second kappa shape index (κ2) is 13.4. The Kier molecular flexibility index (Phi) is 11.3. The lowest BCUT2D eigenvalue weighted by Crippen LogP contribution is -2.38. The summed E-state index contributed by atoms with van der Waals surface area (Å²) in [5.41, 5.74) is -0.866. The first-order chi connectivity index (χ1) is 15.7. The maximum absolute atomic E-state index is 12.7. The van der Waals surface area contributed by atoms with Crippen molar-refractivity contribution in [2.24, 2.45) is 5.41 Å². The molecule has 1 fully saturated rings. The summed E-state index contributed by atoms with van der Waals surface area (Å²) in [6, 6.07) is 0. The molecule has 1 aliphatic heterocycles. The topological polar surface area (TPSA) is 120 Å². The highest BCUT2D eigenvalue weighted by Gasteiger charge is 2.38. The number of allylic oxidation sites excluding steroid dienone is 1. The zero-order valence-corrected chi connectivity index (χ0v) is 19.8. The summed E-state index contributed by atoms with van der Waals surface area (Å²) in [6.45, 7) is 9.36. The Morgan fingerprint density at radius 2 is 1.88 bits per heavy atom. The van der Waals surface area contributed by atoms with Crippen molar-refractivity contribution in [2.45, 2.75) is 78.2 Å². The summed E-state index contributed by atoms with van der Waals surface area (Å²) in [5.74, 6) is -2.11. The molecule has 0 bridgehead atoms. The molecule has 2 atom stereocenters. The lowest BCUT2D eigenvalue weighted by molar-refractivity contribution is -0.202. The molecule has 33 heavy (non-hydrogen) atoms. The van der Waals surface area contributed by atoms with Gasteiger partial charge in [0.15, 0.2) is 0 Å². The molecule has 1 saturated heterocycles. The summed E-state index contributed by atoms with van der Waals surface area (Å²) >= 11 is 0. The minimum atomic E-state index is -0.866. The minimum Gasteiger partial charge on any atom is -0.457 e. The van der Waals surface area contributed by atoms with Crippen LogP contribution in [0.25, 0.3) is 0 Å². The smallest absolute Gasteiger partial charge is 0.338 e. The largest absolute Gasteiger partial charge is 0.457 e. The number of imide groups is 1. The Morgan fingerprint density at radius 3 is 2.48 bits per heavy atom. The second-order valence-corrected chi connectivity index (χ2v) is 7.74. The van der Waals surface area contributed by atoms with Crippen LogP contribution in [0.5, 0.6) is 0 Å². The third-order valence-electron chi connectivity index (χ3n) is 5.22. The second-order valence-electron chi connectivity index (χ2n) is 7.74. The van der Waals surface area contributed by atoms with Gasteiger partial charge in [-0.2, -0.15) is 5.06 Å². The van der Waals surface area contributed by atoms with Crippen LogP contribution in [0, 0.1) is 5.41 Å². The Bertz CT molecular complexity index is 762. The van der Waals surface area contributed by atoms with E-state index in [2.05, 4.69) is 6.58 Å². The first-order valence-corrected chi connectivity index (χ1v) is 11.1. The van der Waals surface area contributed by atoms with E-state index in [1.54, 1.807) is 6.92 Å². The van der Waals surface area contributed by atoms with Gasteiger partial charge in [0.05, 0.1) is 5.41 Å². The van der Waals surface area contributed by atoms with E-state index in [0.717, 1.165) is 5.06 Å². The monoisotopic (exact) mass is 466 g/mol. The van der Waals surface area contributed by atoms with Crippen LogP contribution in [0.15, 0.2) is 24.7 Å². The van der Waals surface area contributed by atoms with Gasteiger partial charge in [-0.1, -0.05) is 19.9 Å². The molecule has 1 aliphatic carbocycles. The first-order valence-electron chi connectivity index (χ1n) is 11.1. The fourth-order valence-corrected chi connectivity index (χ4v) is 3.21. The van der Waals surface area contributed by atoms with Crippen molar-refractivity contribution >= 4 is 30.0 Å². The van der Waals surface area contributed by atoms with Crippen LogP contribution < -0.4 is 0 Å². The number of aldehydes is 1. The third-order valence-corrected chi connectivity index (χ3v) is 5.22. The summed E-state index contributed by atoms with van der Waals surface area (Å²) in [4.78, 5) is 68.7. The van der Waals surface area contributed by atoms with Crippen LogP contribution in [0.2, 0.25) is 0 Å². The summed E-state index contributed by atoms with van der Waals surface area (Å²) in [7, 11) is 1.34. The van der Waals surface area contributed by atoms with Gasteiger partial charge in [0, 0.05) is 32.7 Å². The molecule has 3 amide bonds. The Hall–Kier alpha value is -3.17. The van der Waals surface area contributed by atoms with Crippen LogP contribution in [-0.2, 0) is 38.4 Å². The standard InChI is InChI=1S/C21H28N2O8.C2H6/c1-15(30-23-18(26)9-10-19(23)27)29-16-7-4-5-12-21(2,13-11-16)20(28)31-22(3)17(25)8-6-14-24;1-2/h4,7,14,16H,1,5-6,8-13H2,2-3H3;1-2H3/b7-4+;/t16?,21-;/m0./s1. The van der Waals surface area contributed by atoms with Gasteiger partial charge in [0.2, 0.25) is 0 Å². The number of carbonyl (C=O) groups is 5. The highest BCUT2D eigenvalue weighted by molar-refractivity contribution is 6.00. The number of amides is 3. The van der Waals surface area contributed by atoms with E-state index in [1.165, 1.54) is 7.05 Å². The van der Waals surface area contributed by atoms with Crippen LogP contribution in [0.1, 0.15) is 72.1 Å². The molecule has 184 valence electrons. The van der Waals surface area contributed by atoms with E-state index in [-0.39, 0.29) is 31.6 Å². The zero-order chi connectivity index (χ0) is 25.0. The number of ether oxygens (including phenoxy) is 1. The highest BCUT2D eigenvalue weighted by Crippen LogP contribution is 2.34. The zero-order valence-electron chi connectivity index (χ0n) is 19.8. The van der Waals surface area contributed by atoms with Gasteiger partial charge in [0.1, 0.15) is 12.4 Å². The average molecular weight is 467 g/mol. The van der Waals surface area contributed by atoms with Crippen molar-refractivity contribution in [3.05, 3.63) is 24.7 Å². The van der Waals surface area contributed by atoms with Gasteiger partial charge in [-0.15, -0.1) is 5.06 Å². The van der Waals surface area contributed by atoms with Gasteiger partial charge in [-0.05, 0) is 45.3 Å². The van der Waals surface area contributed by atoms with E-state index >= 15 is 0 Å². The molecule has 2 aliphatic rings. The van der Waals surface area contributed by atoms with E-state index in [0.29, 0.717) is 37.0 Å². The van der Waals surface area contributed by atoms with Crippen LogP contribution >= 0.6 is 0 Å². The Morgan fingerprint density at radius 1 is 1.24 bits per heavy atom. The maximum Gasteiger partial charge on any atom is 0.338 e. The van der Waals surface area contributed by atoms with Gasteiger partial charge in [0.25, 0.3) is 17.7 Å². The predicted octanol–water partition coefficient (Wildman–Crippen LogP) is 2.98. The van der Waals surface area contributed by atoms with Crippen molar-refractivity contribution in [3.63, 3.8) is 0 Å². The first kappa shape index (κ1) is 27.9. The molecule has 1 heterocycles. The van der Waals surface area contributed by atoms with Gasteiger partial charge >= 0.3 is 11.9 Å².